The van der Waals surface area contributed by atoms with E-state index in [2.05, 4.69) is 37.7 Å². The monoisotopic (exact) mass is 610 g/mol. The van der Waals surface area contributed by atoms with Gasteiger partial charge in [-0.15, -0.1) is 0 Å². The molecule has 4 saturated carbocycles. The van der Waals surface area contributed by atoms with Crippen molar-refractivity contribution in [1.82, 2.24) is 10.0 Å². The number of amides is 2. The van der Waals surface area contributed by atoms with Gasteiger partial charge in [0.2, 0.25) is 0 Å². The Bertz CT molecular complexity index is 1460. The van der Waals surface area contributed by atoms with E-state index in [0.717, 1.165) is 62.1 Å². The molecule has 2 aromatic rings. The van der Waals surface area contributed by atoms with E-state index < -0.39 is 16.1 Å². The molecule has 0 heterocycles. The minimum atomic E-state index is -4.00. The molecule has 4 aliphatic rings. The van der Waals surface area contributed by atoms with Crippen LogP contribution in [-0.4, -0.2) is 43.4 Å². The fraction of sp³-hybridized carbons (Fsp3) is 0.686. The normalized spacial score (nSPS) is 39.8. The number of carbonyl (C=O) groups is 1. The van der Waals surface area contributed by atoms with Crippen LogP contribution in [-0.2, 0) is 10.0 Å². The molecular formula is C35H50N2O5S. The number of aliphatic hydroxyl groups is 2. The van der Waals surface area contributed by atoms with Crippen molar-refractivity contribution in [3.8, 4) is 0 Å². The summed E-state index contributed by atoms with van der Waals surface area (Å²) >= 11 is 0. The fourth-order valence-electron chi connectivity index (χ4n) is 10.9. The Morgan fingerprint density at radius 3 is 2.40 bits per heavy atom. The number of rotatable bonds is 6. The Morgan fingerprint density at radius 2 is 1.65 bits per heavy atom. The lowest BCUT2D eigenvalue weighted by Gasteiger charge is -2.64. The number of fused-ring (bicyclic) bond motifs is 6. The van der Waals surface area contributed by atoms with E-state index in [9.17, 15) is 23.4 Å². The van der Waals surface area contributed by atoms with E-state index in [1.54, 1.807) is 12.1 Å². The van der Waals surface area contributed by atoms with Crippen molar-refractivity contribution >= 4 is 26.8 Å². The zero-order valence-electron chi connectivity index (χ0n) is 26.1. The summed E-state index contributed by atoms with van der Waals surface area (Å²) in [7, 11) is -4.00. The van der Waals surface area contributed by atoms with Gasteiger partial charge < -0.3 is 15.5 Å². The van der Waals surface area contributed by atoms with Crippen molar-refractivity contribution < 1.29 is 23.4 Å². The smallest absolute Gasteiger partial charge is 0.328 e. The third-order valence-electron chi connectivity index (χ3n) is 13.0. The topological polar surface area (TPSA) is 116 Å². The molecule has 4 fully saturated rings. The molecule has 2 amide bonds. The Kier molecular flexibility index (Phi) is 8.13. The van der Waals surface area contributed by atoms with Crippen molar-refractivity contribution in [2.75, 3.05) is 6.54 Å². The maximum Gasteiger partial charge on any atom is 0.328 e. The highest BCUT2D eigenvalue weighted by Crippen LogP contribution is 2.69. The number of aliphatic hydroxyl groups excluding tert-OH is 2. The quantitative estimate of drug-likeness (QED) is 0.316. The SMILES string of the molecule is CC[C@@H]1C2C[C@H](O)CCC2(C)[C@H]2CC[C@]3(C)[C@@H]([C@H](C)CNC(=O)NS(=O)(=O)c4ccc5ccccc5c4)CC[C@H]3C2[C@@H]1O. The Hall–Kier alpha value is -2.16. The number of urea groups is 1. The average Bonchev–Trinajstić information content (AvgIpc) is 3.33. The highest BCUT2D eigenvalue weighted by atomic mass is 32.2. The van der Waals surface area contributed by atoms with Crippen LogP contribution >= 0.6 is 0 Å². The summed E-state index contributed by atoms with van der Waals surface area (Å²) in [4.78, 5) is 12.9. The summed E-state index contributed by atoms with van der Waals surface area (Å²) in [5, 5.41) is 27.1. The third-order valence-corrected chi connectivity index (χ3v) is 14.3. The van der Waals surface area contributed by atoms with Crippen LogP contribution in [0.15, 0.2) is 47.4 Å². The highest BCUT2D eigenvalue weighted by Gasteiger charge is 2.64. The first-order valence-electron chi connectivity index (χ1n) is 16.5. The molecule has 8 heteroatoms. The van der Waals surface area contributed by atoms with Crippen molar-refractivity contribution in [3.05, 3.63) is 42.5 Å². The molecule has 236 valence electrons. The van der Waals surface area contributed by atoms with Crippen LogP contribution in [0.4, 0.5) is 4.79 Å². The number of benzene rings is 2. The molecule has 2 aromatic carbocycles. The molecule has 0 radical (unpaired) electrons. The van der Waals surface area contributed by atoms with Gasteiger partial charge in [-0.05, 0) is 120 Å². The molecular weight excluding hydrogens is 560 g/mol. The number of sulfonamides is 1. The largest absolute Gasteiger partial charge is 0.393 e. The van der Waals surface area contributed by atoms with Gasteiger partial charge in [-0.1, -0.05) is 64.4 Å². The first-order valence-corrected chi connectivity index (χ1v) is 18.0. The second-order valence-corrected chi connectivity index (χ2v) is 16.6. The third kappa shape index (κ3) is 5.19. The van der Waals surface area contributed by atoms with Crippen LogP contribution in [0.5, 0.6) is 0 Å². The summed E-state index contributed by atoms with van der Waals surface area (Å²) in [5.41, 5.74) is 0.248. The van der Waals surface area contributed by atoms with E-state index in [0.29, 0.717) is 30.2 Å². The molecule has 4 aliphatic carbocycles. The fourth-order valence-corrected chi connectivity index (χ4v) is 11.8. The lowest BCUT2D eigenvalue weighted by atomic mass is 9.41. The first-order chi connectivity index (χ1) is 20.4. The average molecular weight is 611 g/mol. The van der Waals surface area contributed by atoms with Crippen molar-refractivity contribution in [2.45, 2.75) is 96.2 Å². The lowest BCUT2D eigenvalue weighted by Crippen LogP contribution is -2.62. The van der Waals surface area contributed by atoms with E-state index in [4.69, 9.17) is 0 Å². The maximum atomic E-state index is 13.0. The lowest BCUT2D eigenvalue weighted by molar-refractivity contribution is -0.203. The van der Waals surface area contributed by atoms with Crippen LogP contribution in [0, 0.1) is 52.3 Å². The number of hydrogen-bond acceptors (Lipinski definition) is 5. The van der Waals surface area contributed by atoms with Crippen LogP contribution in [0.1, 0.15) is 79.1 Å². The second-order valence-electron chi connectivity index (χ2n) is 14.9. The van der Waals surface area contributed by atoms with E-state index in [1.807, 2.05) is 24.3 Å². The van der Waals surface area contributed by atoms with E-state index >= 15 is 0 Å². The summed E-state index contributed by atoms with van der Waals surface area (Å²) in [5.74, 6) is 2.38. The molecule has 3 unspecified atom stereocenters. The summed E-state index contributed by atoms with van der Waals surface area (Å²) in [6.45, 7) is 9.65. The molecule has 0 aliphatic heterocycles. The Balaban J connectivity index is 1.12. The molecule has 0 aromatic heterocycles. The molecule has 0 bridgehead atoms. The van der Waals surface area contributed by atoms with Gasteiger partial charge in [0.1, 0.15) is 0 Å². The van der Waals surface area contributed by atoms with Crippen molar-refractivity contribution in [3.63, 3.8) is 0 Å². The minimum Gasteiger partial charge on any atom is -0.393 e. The van der Waals surface area contributed by atoms with E-state index in [-0.39, 0.29) is 45.7 Å². The molecule has 0 saturated heterocycles. The summed E-state index contributed by atoms with van der Waals surface area (Å²) in [6, 6.07) is 11.7. The molecule has 6 rings (SSSR count). The molecule has 4 N–H and O–H groups in total. The van der Waals surface area contributed by atoms with Gasteiger partial charge >= 0.3 is 6.03 Å². The number of carbonyl (C=O) groups excluding carboxylic acids is 1. The van der Waals surface area contributed by atoms with Gasteiger partial charge in [-0.25, -0.2) is 17.9 Å². The molecule has 7 nitrogen and oxygen atoms in total. The molecule has 11 atom stereocenters. The van der Waals surface area contributed by atoms with Gasteiger partial charge in [0.25, 0.3) is 10.0 Å². The zero-order chi connectivity index (χ0) is 30.7. The van der Waals surface area contributed by atoms with Crippen molar-refractivity contribution in [1.29, 1.82) is 0 Å². The summed E-state index contributed by atoms with van der Waals surface area (Å²) < 4.78 is 28.2. The molecule has 43 heavy (non-hydrogen) atoms. The van der Waals surface area contributed by atoms with Crippen LogP contribution in [0.3, 0.4) is 0 Å². The second kappa shape index (κ2) is 11.3. The van der Waals surface area contributed by atoms with Crippen LogP contribution < -0.4 is 10.0 Å². The standard InChI is InChI=1S/C35H50N2O5S/c1-5-26-30-19-24(38)14-16-35(30,4)29-15-17-34(3)27(12-13-28(34)31(29)32(26)39)21(2)20-36-33(40)37-43(41,42)25-11-10-22-8-6-7-9-23(22)18-25/h6-11,18,21,24,26-32,38-39H,5,12-17,19-20H2,1-4H3,(H2,36,37,40)/t21-,24-,26-,27-,28+,29+,30?,31?,32-,34-,35?/m1/s1. The number of hydrogen-bond donors (Lipinski definition) is 4. The van der Waals surface area contributed by atoms with Crippen LogP contribution in [0.2, 0.25) is 0 Å². The maximum absolute atomic E-state index is 13.0. The number of nitrogens with one attached hydrogen (secondary N) is 2. The van der Waals surface area contributed by atoms with Gasteiger partial charge in [-0.3, -0.25) is 0 Å². The predicted molar refractivity (Wildman–Crippen MR) is 169 cm³/mol. The highest BCUT2D eigenvalue weighted by molar-refractivity contribution is 7.90. The van der Waals surface area contributed by atoms with Gasteiger partial charge in [0.05, 0.1) is 17.1 Å². The van der Waals surface area contributed by atoms with Gasteiger partial charge in [-0.2, -0.15) is 0 Å². The molecule has 0 spiro atoms. The minimum absolute atomic E-state index is 0.0668. The van der Waals surface area contributed by atoms with Gasteiger partial charge in [0.15, 0.2) is 0 Å². The van der Waals surface area contributed by atoms with Crippen LogP contribution in [0.25, 0.3) is 10.8 Å². The zero-order valence-corrected chi connectivity index (χ0v) is 26.9. The summed E-state index contributed by atoms with van der Waals surface area (Å²) in [6.07, 6.45) is 7.49. The predicted octanol–water partition coefficient (Wildman–Crippen LogP) is 6.09. The first kappa shape index (κ1) is 30.8. The van der Waals surface area contributed by atoms with E-state index in [1.165, 1.54) is 6.07 Å². The Morgan fingerprint density at radius 1 is 0.953 bits per heavy atom. The Labute approximate surface area is 257 Å². The van der Waals surface area contributed by atoms with Crippen molar-refractivity contribution in [2.24, 2.45) is 52.3 Å². The van der Waals surface area contributed by atoms with Gasteiger partial charge in [0, 0.05) is 6.54 Å².